The minimum absolute atomic E-state index is 0.122. The van der Waals surface area contributed by atoms with Crippen LogP contribution in [0.4, 0.5) is 10.1 Å². The van der Waals surface area contributed by atoms with Gasteiger partial charge in [0, 0.05) is 25.3 Å². The van der Waals surface area contributed by atoms with E-state index in [-0.39, 0.29) is 5.82 Å². The fraction of sp³-hybridized carbons (Fsp3) is 0.667. The Kier molecular flexibility index (Phi) is 5.63. The summed E-state index contributed by atoms with van der Waals surface area (Å²) in [4.78, 5) is 2.35. The first kappa shape index (κ1) is 16.3. The summed E-state index contributed by atoms with van der Waals surface area (Å²) in [6, 6.07) is 5.45. The van der Waals surface area contributed by atoms with Crippen LogP contribution in [0, 0.1) is 11.2 Å². The highest BCUT2D eigenvalue weighted by Crippen LogP contribution is 2.39. The van der Waals surface area contributed by atoms with Crippen molar-refractivity contribution in [2.24, 2.45) is 5.41 Å². The van der Waals surface area contributed by atoms with Crippen LogP contribution < -0.4 is 10.2 Å². The van der Waals surface area contributed by atoms with Crippen molar-refractivity contribution in [1.29, 1.82) is 0 Å². The van der Waals surface area contributed by atoms with E-state index >= 15 is 0 Å². The molecule has 1 fully saturated rings. The monoisotopic (exact) mass is 292 g/mol. The topological polar surface area (TPSA) is 15.3 Å². The van der Waals surface area contributed by atoms with Crippen LogP contribution in [0.25, 0.3) is 0 Å². The smallest absolute Gasteiger partial charge is 0.125 e. The molecular weight excluding hydrogens is 263 g/mol. The van der Waals surface area contributed by atoms with Crippen molar-refractivity contribution in [3.8, 4) is 0 Å². The van der Waals surface area contributed by atoms with E-state index in [2.05, 4.69) is 37.1 Å². The molecule has 0 amide bonds. The minimum Gasteiger partial charge on any atom is -0.371 e. The molecule has 118 valence electrons. The maximum atomic E-state index is 13.8. The molecule has 3 heteroatoms. The van der Waals surface area contributed by atoms with Gasteiger partial charge in [0.1, 0.15) is 5.82 Å². The van der Waals surface area contributed by atoms with Crippen LogP contribution in [-0.2, 0) is 6.54 Å². The third kappa shape index (κ3) is 3.97. The van der Waals surface area contributed by atoms with Crippen molar-refractivity contribution < 1.29 is 4.39 Å². The van der Waals surface area contributed by atoms with Crippen molar-refractivity contribution in [2.75, 3.05) is 24.5 Å². The maximum absolute atomic E-state index is 13.8. The largest absolute Gasteiger partial charge is 0.371 e. The summed E-state index contributed by atoms with van der Waals surface area (Å²) in [7, 11) is 0. The highest BCUT2D eigenvalue weighted by molar-refractivity contribution is 5.49. The molecule has 0 unspecified atom stereocenters. The zero-order chi connectivity index (χ0) is 15.3. The molecular formula is C18H29FN2. The lowest BCUT2D eigenvalue weighted by Crippen LogP contribution is -2.39. The Hall–Kier alpha value is -1.09. The van der Waals surface area contributed by atoms with Gasteiger partial charge in [0.15, 0.2) is 0 Å². The van der Waals surface area contributed by atoms with E-state index in [9.17, 15) is 4.39 Å². The Bertz CT molecular complexity index is 445. The second-order valence-corrected chi connectivity index (χ2v) is 6.29. The molecule has 1 aromatic rings. The lowest BCUT2D eigenvalue weighted by atomic mass is 9.74. The fourth-order valence-electron chi connectivity index (χ4n) is 3.38. The number of nitrogens with zero attached hydrogens (tertiary/aromatic N) is 1. The molecule has 1 aromatic carbocycles. The molecule has 0 spiro atoms. The predicted molar refractivity (Wildman–Crippen MR) is 88.2 cm³/mol. The van der Waals surface area contributed by atoms with Gasteiger partial charge >= 0.3 is 0 Å². The van der Waals surface area contributed by atoms with Gasteiger partial charge < -0.3 is 10.2 Å². The third-order valence-electron chi connectivity index (χ3n) is 5.21. The molecule has 1 heterocycles. The molecule has 1 aliphatic heterocycles. The lowest BCUT2D eigenvalue weighted by Gasteiger charge is -2.42. The standard InChI is InChI=1S/C18H29FN2/c1-4-18(5-2)7-9-21(10-8-18)17-12-15(14-20-6-3)11-16(19)13-17/h11-13,20H,4-10,14H2,1-3H3. The Morgan fingerprint density at radius 1 is 1.10 bits per heavy atom. The first-order valence-electron chi connectivity index (χ1n) is 8.37. The van der Waals surface area contributed by atoms with Gasteiger partial charge in [-0.1, -0.05) is 33.6 Å². The summed E-state index contributed by atoms with van der Waals surface area (Å²) in [6.45, 7) is 10.4. The van der Waals surface area contributed by atoms with Gasteiger partial charge in [0.25, 0.3) is 0 Å². The molecule has 1 saturated heterocycles. The van der Waals surface area contributed by atoms with Crippen LogP contribution in [-0.4, -0.2) is 19.6 Å². The van der Waals surface area contributed by atoms with Gasteiger partial charge in [-0.3, -0.25) is 0 Å². The normalized spacial score (nSPS) is 18.0. The molecule has 2 nitrogen and oxygen atoms in total. The molecule has 0 aliphatic carbocycles. The third-order valence-corrected chi connectivity index (χ3v) is 5.21. The Labute approximate surface area is 128 Å². The Morgan fingerprint density at radius 3 is 2.33 bits per heavy atom. The first-order chi connectivity index (χ1) is 10.1. The summed E-state index contributed by atoms with van der Waals surface area (Å²) in [6.07, 6.45) is 4.95. The maximum Gasteiger partial charge on any atom is 0.125 e. The highest BCUT2D eigenvalue weighted by Gasteiger charge is 2.31. The quantitative estimate of drug-likeness (QED) is 0.839. The first-order valence-corrected chi connectivity index (χ1v) is 8.37. The number of anilines is 1. The molecule has 0 bridgehead atoms. The Morgan fingerprint density at radius 2 is 1.76 bits per heavy atom. The number of nitrogens with one attached hydrogen (secondary N) is 1. The lowest BCUT2D eigenvalue weighted by molar-refractivity contribution is 0.199. The van der Waals surface area contributed by atoms with Gasteiger partial charge in [0.05, 0.1) is 0 Å². The minimum atomic E-state index is -0.122. The SMILES string of the molecule is CCNCc1cc(F)cc(N2CCC(CC)(CC)CC2)c1. The fourth-order valence-corrected chi connectivity index (χ4v) is 3.38. The number of halogens is 1. The second-order valence-electron chi connectivity index (χ2n) is 6.29. The van der Waals surface area contributed by atoms with E-state index in [0.717, 1.165) is 37.4 Å². The number of rotatable bonds is 6. The van der Waals surface area contributed by atoms with Gasteiger partial charge in [-0.05, 0) is 48.6 Å². The van der Waals surface area contributed by atoms with Crippen LogP contribution in [0.3, 0.4) is 0 Å². The van der Waals surface area contributed by atoms with Gasteiger partial charge in [0.2, 0.25) is 0 Å². The number of hydrogen-bond acceptors (Lipinski definition) is 2. The average Bonchev–Trinajstić information content (AvgIpc) is 2.52. The molecule has 1 aliphatic rings. The van der Waals surface area contributed by atoms with Crippen LogP contribution in [0.2, 0.25) is 0 Å². The summed E-state index contributed by atoms with van der Waals surface area (Å²) in [5, 5.41) is 3.27. The van der Waals surface area contributed by atoms with Gasteiger partial charge in [-0.2, -0.15) is 0 Å². The van der Waals surface area contributed by atoms with Crippen molar-refractivity contribution >= 4 is 5.69 Å². The zero-order valence-electron chi connectivity index (χ0n) is 13.7. The van der Waals surface area contributed by atoms with E-state index in [1.165, 1.54) is 25.7 Å². The molecule has 21 heavy (non-hydrogen) atoms. The number of hydrogen-bond donors (Lipinski definition) is 1. The van der Waals surface area contributed by atoms with Crippen LogP contribution in [0.5, 0.6) is 0 Å². The zero-order valence-corrected chi connectivity index (χ0v) is 13.7. The summed E-state index contributed by atoms with van der Waals surface area (Å²) in [5.41, 5.74) is 2.59. The summed E-state index contributed by atoms with van der Waals surface area (Å²) < 4.78 is 13.8. The highest BCUT2D eigenvalue weighted by atomic mass is 19.1. The van der Waals surface area contributed by atoms with Crippen molar-refractivity contribution in [3.63, 3.8) is 0 Å². The summed E-state index contributed by atoms with van der Waals surface area (Å²) >= 11 is 0. The average molecular weight is 292 g/mol. The van der Waals surface area contributed by atoms with E-state index in [0.29, 0.717) is 5.41 Å². The van der Waals surface area contributed by atoms with Crippen molar-refractivity contribution in [2.45, 2.75) is 53.0 Å². The van der Waals surface area contributed by atoms with E-state index in [1.807, 2.05) is 0 Å². The van der Waals surface area contributed by atoms with Crippen LogP contribution >= 0.6 is 0 Å². The van der Waals surface area contributed by atoms with Crippen LogP contribution in [0.15, 0.2) is 18.2 Å². The van der Waals surface area contributed by atoms with Crippen molar-refractivity contribution in [3.05, 3.63) is 29.6 Å². The summed E-state index contributed by atoms with van der Waals surface area (Å²) in [5.74, 6) is -0.122. The van der Waals surface area contributed by atoms with Gasteiger partial charge in [-0.15, -0.1) is 0 Å². The molecule has 0 radical (unpaired) electrons. The van der Waals surface area contributed by atoms with E-state index in [4.69, 9.17) is 0 Å². The van der Waals surface area contributed by atoms with E-state index in [1.54, 1.807) is 12.1 Å². The molecule has 0 atom stereocenters. The molecule has 1 N–H and O–H groups in total. The van der Waals surface area contributed by atoms with Crippen LogP contribution in [0.1, 0.15) is 52.0 Å². The Balaban J connectivity index is 2.07. The van der Waals surface area contributed by atoms with E-state index < -0.39 is 0 Å². The van der Waals surface area contributed by atoms with Crippen molar-refractivity contribution in [1.82, 2.24) is 5.32 Å². The van der Waals surface area contributed by atoms with Gasteiger partial charge in [-0.25, -0.2) is 4.39 Å². The number of benzene rings is 1. The second kappa shape index (κ2) is 7.26. The molecule has 2 rings (SSSR count). The predicted octanol–water partition coefficient (Wildman–Crippen LogP) is 4.34. The number of piperidine rings is 1. The molecule has 0 saturated carbocycles. The molecule has 0 aromatic heterocycles.